The first-order valence-corrected chi connectivity index (χ1v) is 6.86. The lowest BCUT2D eigenvalue weighted by molar-refractivity contribution is 0.0694. The highest BCUT2D eigenvalue weighted by Crippen LogP contribution is 2.30. The molecule has 0 unspecified atom stereocenters. The van der Waals surface area contributed by atoms with E-state index in [0.29, 0.717) is 5.69 Å². The van der Waals surface area contributed by atoms with Crippen molar-refractivity contribution in [3.05, 3.63) is 45.7 Å². The number of carboxylic acids is 1. The summed E-state index contributed by atoms with van der Waals surface area (Å²) in [5, 5.41) is 9.11. The molecule has 0 saturated heterocycles. The number of aromatic carboxylic acids is 1. The van der Waals surface area contributed by atoms with E-state index in [2.05, 4.69) is 25.9 Å². The van der Waals surface area contributed by atoms with E-state index in [-0.39, 0.29) is 27.3 Å². The van der Waals surface area contributed by atoms with Crippen molar-refractivity contribution in [1.29, 1.82) is 0 Å². The van der Waals surface area contributed by atoms with Crippen molar-refractivity contribution in [2.24, 2.45) is 0 Å². The number of carboxylic acid groups (broad SMARTS) is 1. The van der Waals surface area contributed by atoms with Gasteiger partial charge in [-0.25, -0.2) is 23.5 Å². The minimum Gasteiger partial charge on any atom is -0.478 e. The number of rotatable bonds is 3. The standard InChI is InChI=1S/C14H11BrF2N2O2/c1-6(2)12-8(14(20)21)5-18-13(19-12)7-3-4-9(16)11(17)10(7)15/h3-6H,1-2H3,(H,20,21). The number of aromatic nitrogens is 2. The molecule has 1 aromatic heterocycles. The highest BCUT2D eigenvalue weighted by Gasteiger charge is 2.19. The summed E-state index contributed by atoms with van der Waals surface area (Å²) in [6.07, 6.45) is 1.17. The van der Waals surface area contributed by atoms with E-state index in [4.69, 9.17) is 5.11 Å². The third-order valence-corrected chi connectivity index (χ3v) is 3.65. The zero-order valence-corrected chi connectivity index (χ0v) is 12.8. The molecule has 0 saturated carbocycles. The lowest BCUT2D eigenvalue weighted by atomic mass is 10.0. The molecule has 1 heterocycles. The zero-order valence-electron chi connectivity index (χ0n) is 11.2. The van der Waals surface area contributed by atoms with E-state index < -0.39 is 17.6 Å². The molecule has 0 aliphatic heterocycles. The van der Waals surface area contributed by atoms with Gasteiger partial charge in [0.05, 0.1) is 15.7 Å². The van der Waals surface area contributed by atoms with E-state index in [9.17, 15) is 13.6 Å². The molecule has 0 bridgehead atoms. The predicted molar refractivity (Wildman–Crippen MR) is 76.1 cm³/mol. The van der Waals surface area contributed by atoms with Gasteiger partial charge in [-0.3, -0.25) is 0 Å². The minimum atomic E-state index is -1.13. The van der Waals surface area contributed by atoms with Crippen molar-refractivity contribution in [2.45, 2.75) is 19.8 Å². The fraction of sp³-hybridized carbons (Fsp3) is 0.214. The van der Waals surface area contributed by atoms with Crippen LogP contribution in [0.2, 0.25) is 0 Å². The average molecular weight is 357 g/mol. The number of halogens is 3. The van der Waals surface area contributed by atoms with E-state index in [1.54, 1.807) is 13.8 Å². The van der Waals surface area contributed by atoms with Crippen molar-refractivity contribution < 1.29 is 18.7 Å². The number of benzene rings is 1. The summed E-state index contributed by atoms with van der Waals surface area (Å²) in [4.78, 5) is 19.3. The molecule has 0 aliphatic rings. The summed E-state index contributed by atoms with van der Waals surface area (Å²) in [6, 6.07) is 2.31. The minimum absolute atomic E-state index is 0.00699. The van der Waals surface area contributed by atoms with E-state index in [1.807, 2.05) is 0 Å². The molecule has 21 heavy (non-hydrogen) atoms. The van der Waals surface area contributed by atoms with Gasteiger partial charge in [0.25, 0.3) is 0 Å². The molecule has 7 heteroatoms. The Morgan fingerprint density at radius 3 is 2.57 bits per heavy atom. The smallest absolute Gasteiger partial charge is 0.339 e. The largest absolute Gasteiger partial charge is 0.478 e. The second-order valence-electron chi connectivity index (χ2n) is 4.68. The van der Waals surface area contributed by atoms with Crippen molar-refractivity contribution in [1.82, 2.24) is 9.97 Å². The van der Waals surface area contributed by atoms with Crippen molar-refractivity contribution in [3.8, 4) is 11.4 Å². The SMILES string of the molecule is CC(C)c1nc(-c2ccc(F)c(F)c2Br)ncc1C(=O)O. The first-order valence-electron chi connectivity index (χ1n) is 6.07. The Labute approximate surface area is 128 Å². The summed E-state index contributed by atoms with van der Waals surface area (Å²) >= 11 is 2.97. The van der Waals surface area contributed by atoms with Crippen LogP contribution >= 0.6 is 15.9 Å². The lowest BCUT2D eigenvalue weighted by Gasteiger charge is -2.11. The molecular formula is C14H11BrF2N2O2. The molecule has 0 amide bonds. The quantitative estimate of drug-likeness (QED) is 0.844. The van der Waals surface area contributed by atoms with Gasteiger partial charge in [0, 0.05) is 11.8 Å². The molecule has 0 aliphatic carbocycles. The molecule has 0 fully saturated rings. The van der Waals surface area contributed by atoms with Gasteiger partial charge in [-0.05, 0) is 34.0 Å². The summed E-state index contributed by atoms with van der Waals surface area (Å²) in [5.74, 6) is -3.17. The molecule has 0 spiro atoms. The summed E-state index contributed by atoms with van der Waals surface area (Å²) in [6.45, 7) is 3.58. The number of hydrogen-bond donors (Lipinski definition) is 1. The number of hydrogen-bond acceptors (Lipinski definition) is 3. The lowest BCUT2D eigenvalue weighted by Crippen LogP contribution is -2.09. The normalized spacial score (nSPS) is 11.0. The molecule has 110 valence electrons. The molecule has 0 radical (unpaired) electrons. The van der Waals surface area contributed by atoms with Gasteiger partial charge in [0.1, 0.15) is 0 Å². The van der Waals surface area contributed by atoms with Crippen LogP contribution in [0.15, 0.2) is 22.8 Å². The third kappa shape index (κ3) is 2.92. The number of carbonyl (C=O) groups is 1. The molecular weight excluding hydrogens is 346 g/mol. The van der Waals surface area contributed by atoms with Crippen LogP contribution in [0.1, 0.15) is 35.8 Å². The summed E-state index contributed by atoms with van der Waals surface area (Å²) < 4.78 is 26.6. The topological polar surface area (TPSA) is 63.1 Å². The van der Waals surface area contributed by atoms with Gasteiger partial charge < -0.3 is 5.11 Å². The third-order valence-electron chi connectivity index (χ3n) is 2.87. The van der Waals surface area contributed by atoms with Crippen LogP contribution in [0.25, 0.3) is 11.4 Å². The molecule has 2 rings (SSSR count). The highest BCUT2D eigenvalue weighted by molar-refractivity contribution is 9.10. The fourth-order valence-electron chi connectivity index (χ4n) is 1.83. The molecule has 4 nitrogen and oxygen atoms in total. The van der Waals surface area contributed by atoms with Gasteiger partial charge >= 0.3 is 5.97 Å². The van der Waals surface area contributed by atoms with Crippen molar-refractivity contribution >= 4 is 21.9 Å². The van der Waals surface area contributed by atoms with Crippen LogP contribution in [-0.2, 0) is 0 Å². The van der Waals surface area contributed by atoms with Crippen LogP contribution in [-0.4, -0.2) is 21.0 Å². The average Bonchev–Trinajstić information content (AvgIpc) is 2.44. The van der Waals surface area contributed by atoms with Crippen molar-refractivity contribution in [2.75, 3.05) is 0 Å². The molecule has 0 atom stereocenters. The second kappa shape index (κ2) is 5.85. The van der Waals surface area contributed by atoms with Crippen LogP contribution in [0.5, 0.6) is 0 Å². The van der Waals surface area contributed by atoms with Gasteiger partial charge in [-0.15, -0.1) is 0 Å². The maximum atomic E-state index is 13.6. The van der Waals surface area contributed by atoms with Crippen LogP contribution in [0, 0.1) is 11.6 Å². The van der Waals surface area contributed by atoms with Crippen LogP contribution in [0.3, 0.4) is 0 Å². The Bertz CT molecular complexity index is 720. The molecule has 2 aromatic rings. The van der Waals surface area contributed by atoms with Gasteiger partial charge in [-0.2, -0.15) is 0 Å². The first kappa shape index (κ1) is 15.5. The van der Waals surface area contributed by atoms with E-state index in [1.165, 1.54) is 12.3 Å². The highest BCUT2D eigenvalue weighted by atomic mass is 79.9. The van der Waals surface area contributed by atoms with E-state index >= 15 is 0 Å². The second-order valence-corrected chi connectivity index (χ2v) is 5.47. The summed E-state index contributed by atoms with van der Waals surface area (Å²) in [7, 11) is 0. The van der Waals surface area contributed by atoms with E-state index in [0.717, 1.165) is 6.07 Å². The maximum Gasteiger partial charge on any atom is 0.339 e. The Morgan fingerprint density at radius 2 is 2.00 bits per heavy atom. The summed E-state index contributed by atoms with van der Waals surface area (Å²) in [5.41, 5.74) is 0.587. The number of nitrogens with zero attached hydrogens (tertiary/aromatic N) is 2. The Balaban J connectivity index is 2.64. The Morgan fingerprint density at radius 1 is 1.33 bits per heavy atom. The van der Waals surface area contributed by atoms with Crippen molar-refractivity contribution in [3.63, 3.8) is 0 Å². The Hall–Kier alpha value is -1.89. The Kier molecular flexibility index (Phi) is 4.32. The van der Waals surface area contributed by atoms with Crippen LogP contribution in [0.4, 0.5) is 8.78 Å². The monoisotopic (exact) mass is 356 g/mol. The van der Waals surface area contributed by atoms with Gasteiger partial charge in [-0.1, -0.05) is 13.8 Å². The predicted octanol–water partition coefficient (Wildman–Crippen LogP) is 4.01. The van der Waals surface area contributed by atoms with Gasteiger partial charge in [0.2, 0.25) is 0 Å². The van der Waals surface area contributed by atoms with Gasteiger partial charge in [0.15, 0.2) is 17.5 Å². The molecule has 1 aromatic carbocycles. The maximum absolute atomic E-state index is 13.6. The fourth-order valence-corrected chi connectivity index (χ4v) is 2.33. The first-order chi connectivity index (χ1) is 9.82. The zero-order chi connectivity index (χ0) is 15.7. The molecule has 1 N–H and O–H groups in total. The van der Waals surface area contributed by atoms with Crippen LogP contribution < -0.4 is 0 Å².